The van der Waals surface area contributed by atoms with Gasteiger partial charge in [0.15, 0.2) is 0 Å². The van der Waals surface area contributed by atoms with Crippen LogP contribution in [0.25, 0.3) is 0 Å². The summed E-state index contributed by atoms with van der Waals surface area (Å²) in [6.45, 7) is 5.67. The minimum absolute atomic E-state index is 0.0383. The highest BCUT2D eigenvalue weighted by Crippen LogP contribution is 2.46. The van der Waals surface area contributed by atoms with E-state index in [1.165, 1.54) is 30.5 Å². The number of carbonyl (C=O) groups excluding carboxylic acids is 1. The average molecular weight is 282 g/mol. The summed E-state index contributed by atoms with van der Waals surface area (Å²) in [5.41, 5.74) is 3.50. The molecule has 0 spiro atoms. The monoisotopic (exact) mass is 282 g/mol. The summed E-state index contributed by atoms with van der Waals surface area (Å²) >= 11 is 0. The van der Waals surface area contributed by atoms with Crippen molar-refractivity contribution in [1.29, 1.82) is 0 Å². The number of anilines is 1. The van der Waals surface area contributed by atoms with Gasteiger partial charge in [0.1, 0.15) is 0 Å². The number of aryl methyl sites for hydroxylation is 1. The number of rotatable bonds is 2. The van der Waals surface area contributed by atoms with Crippen LogP contribution in [0.5, 0.6) is 0 Å². The topological polar surface area (TPSA) is 32.3 Å². The lowest BCUT2D eigenvalue weighted by Crippen LogP contribution is -2.54. The molecular formula is C18H22N2O. The molecule has 1 aromatic carbocycles. The number of nitrogens with one attached hydrogen (secondary N) is 1. The molecule has 4 bridgehead atoms. The Balaban J connectivity index is 1.49. The highest BCUT2D eigenvalue weighted by molar-refractivity contribution is 5.99. The van der Waals surface area contributed by atoms with E-state index < -0.39 is 0 Å². The largest absolute Gasteiger partial charge is 0.323 e. The van der Waals surface area contributed by atoms with Crippen molar-refractivity contribution in [1.82, 2.24) is 4.90 Å². The van der Waals surface area contributed by atoms with Gasteiger partial charge < -0.3 is 10.2 Å². The van der Waals surface area contributed by atoms with Crippen molar-refractivity contribution in [2.45, 2.75) is 19.8 Å². The Morgan fingerprint density at radius 1 is 1.14 bits per heavy atom. The Hall–Kier alpha value is -1.61. The van der Waals surface area contributed by atoms with Crippen LogP contribution in [0.1, 0.15) is 18.4 Å². The van der Waals surface area contributed by atoms with Crippen LogP contribution >= 0.6 is 0 Å². The van der Waals surface area contributed by atoms with Crippen molar-refractivity contribution >= 4 is 11.6 Å². The van der Waals surface area contributed by atoms with E-state index in [1.54, 1.807) is 0 Å². The van der Waals surface area contributed by atoms with E-state index >= 15 is 0 Å². The van der Waals surface area contributed by atoms with Crippen molar-refractivity contribution in [3.63, 3.8) is 0 Å². The minimum atomic E-state index is 0.0383. The van der Waals surface area contributed by atoms with Crippen LogP contribution in [0.3, 0.4) is 0 Å². The number of piperidine rings is 3. The molecule has 3 heteroatoms. The van der Waals surface area contributed by atoms with Crippen LogP contribution < -0.4 is 5.32 Å². The zero-order valence-electron chi connectivity index (χ0n) is 12.5. The molecule has 110 valence electrons. The van der Waals surface area contributed by atoms with Crippen LogP contribution in [-0.2, 0) is 4.79 Å². The van der Waals surface area contributed by atoms with Crippen LogP contribution in [0, 0.1) is 24.7 Å². The highest BCUT2D eigenvalue weighted by atomic mass is 16.1. The predicted octanol–water partition coefficient (Wildman–Crippen LogP) is 2.83. The molecule has 5 rings (SSSR count). The quantitative estimate of drug-likeness (QED) is 0.846. The lowest BCUT2D eigenvalue weighted by atomic mass is 9.65. The number of amides is 1. The third-order valence-corrected chi connectivity index (χ3v) is 5.27. The normalized spacial score (nSPS) is 35.2. The molecule has 0 radical (unpaired) electrons. The molecule has 1 amide bonds. The zero-order chi connectivity index (χ0) is 14.4. The third kappa shape index (κ3) is 2.51. The number of hydrogen-bond donors (Lipinski definition) is 1. The van der Waals surface area contributed by atoms with Gasteiger partial charge in [0.2, 0.25) is 5.91 Å². The maximum atomic E-state index is 12.3. The summed E-state index contributed by atoms with van der Waals surface area (Å²) in [6.07, 6.45) is 4.47. The van der Waals surface area contributed by atoms with E-state index in [4.69, 9.17) is 0 Å². The first-order chi connectivity index (χ1) is 10.2. The van der Waals surface area contributed by atoms with Crippen molar-refractivity contribution < 1.29 is 4.79 Å². The summed E-state index contributed by atoms with van der Waals surface area (Å²) in [6, 6.07) is 7.99. The second kappa shape index (κ2) is 4.99. The Bertz CT molecular complexity index is 558. The molecule has 3 saturated heterocycles. The van der Waals surface area contributed by atoms with Gasteiger partial charge in [-0.3, -0.25) is 4.79 Å². The third-order valence-electron chi connectivity index (χ3n) is 5.27. The molecule has 2 unspecified atom stereocenters. The molecule has 1 N–H and O–H groups in total. The number of carbonyl (C=O) groups is 1. The second-order valence-electron chi connectivity index (χ2n) is 6.95. The highest BCUT2D eigenvalue weighted by Gasteiger charge is 2.44. The smallest absolute Gasteiger partial charge is 0.248 e. The fourth-order valence-corrected chi connectivity index (χ4v) is 4.43. The molecule has 0 aromatic heterocycles. The van der Waals surface area contributed by atoms with Gasteiger partial charge >= 0.3 is 0 Å². The summed E-state index contributed by atoms with van der Waals surface area (Å²) in [5, 5.41) is 3.00. The first-order valence-electron chi connectivity index (χ1n) is 7.99. The maximum absolute atomic E-state index is 12.3. The van der Waals surface area contributed by atoms with Gasteiger partial charge in [0, 0.05) is 31.4 Å². The molecule has 3 aliphatic heterocycles. The first-order valence-corrected chi connectivity index (χ1v) is 7.99. The lowest BCUT2D eigenvalue weighted by molar-refractivity contribution is -0.112. The van der Waals surface area contributed by atoms with Gasteiger partial charge in [-0.15, -0.1) is 0 Å². The summed E-state index contributed by atoms with van der Waals surface area (Å²) < 4.78 is 0. The van der Waals surface area contributed by atoms with E-state index in [0.29, 0.717) is 11.8 Å². The Morgan fingerprint density at radius 3 is 2.43 bits per heavy atom. The zero-order valence-corrected chi connectivity index (χ0v) is 12.5. The molecule has 1 saturated carbocycles. The van der Waals surface area contributed by atoms with E-state index in [1.807, 2.05) is 30.3 Å². The van der Waals surface area contributed by atoms with Crippen LogP contribution in [0.15, 0.2) is 35.9 Å². The van der Waals surface area contributed by atoms with Crippen molar-refractivity contribution in [2.24, 2.45) is 17.8 Å². The van der Waals surface area contributed by atoms with Crippen LogP contribution in [-0.4, -0.2) is 30.4 Å². The summed E-state index contributed by atoms with van der Waals surface area (Å²) in [5.74, 6) is 2.16. The fourth-order valence-electron chi connectivity index (χ4n) is 4.43. The Kier molecular flexibility index (Phi) is 3.11. The Labute approximate surface area is 126 Å². The van der Waals surface area contributed by atoms with Gasteiger partial charge in [-0.2, -0.15) is 0 Å². The molecule has 3 heterocycles. The minimum Gasteiger partial charge on any atom is -0.323 e. The molecule has 3 nitrogen and oxygen atoms in total. The fraction of sp³-hybridized carbons (Fsp3) is 0.500. The van der Waals surface area contributed by atoms with Gasteiger partial charge in [-0.25, -0.2) is 0 Å². The lowest BCUT2D eigenvalue weighted by Gasteiger charge is -2.53. The van der Waals surface area contributed by atoms with Gasteiger partial charge in [-0.1, -0.05) is 23.3 Å². The van der Waals surface area contributed by atoms with Gasteiger partial charge in [-0.05, 0) is 49.7 Å². The molecule has 4 fully saturated rings. The van der Waals surface area contributed by atoms with Crippen LogP contribution in [0.4, 0.5) is 5.69 Å². The molecule has 1 aliphatic carbocycles. The van der Waals surface area contributed by atoms with Gasteiger partial charge in [0.25, 0.3) is 0 Å². The Morgan fingerprint density at radius 2 is 1.81 bits per heavy atom. The SMILES string of the molecule is Cc1ccc(NC(=O)C=C2[C@@H]3CC4C[C@H]2CN(C4)C3)cc1. The van der Waals surface area contributed by atoms with E-state index in [9.17, 15) is 4.79 Å². The maximum Gasteiger partial charge on any atom is 0.248 e. The van der Waals surface area contributed by atoms with Crippen molar-refractivity contribution in [2.75, 3.05) is 25.0 Å². The van der Waals surface area contributed by atoms with E-state index in [-0.39, 0.29) is 5.91 Å². The number of hydrogen-bond acceptors (Lipinski definition) is 2. The molecule has 21 heavy (non-hydrogen) atoms. The molecule has 1 aromatic rings. The standard InChI is InChI=1S/C18H22N2O/c1-12-2-4-16(5-3-12)19-18(21)8-17-14-6-13-7-15(17)11-20(9-13)10-14/h2-5,8,13-15H,6-7,9-11H2,1H3,(H,19,21)/t13?,14-,15+. The van der Waals surface area contributed by atoms with Crippen molar-refractivity contribution in [3.05, 3.63) is 41.5 Å². The van der Waals surface area contributed by atoms with Crippen molar-refractivity contribution in [3.8, 4) is 0 Å². The van der Waals surface area contributed by atoms with E-state index in [0.717, 1.165) is 24.7 Å². The number of nitrogens with zero attached hydrogens (tertiary/aromatic N) is 1. The molecule has 4 atom stereocenters. The molecular weight excluding hydrogens is 260 g/mol. The van der Waals surface area contributed by atoms with Crippen LogP contribution in [0.2, 0.25) is 0 Å². The molecule has 4 aliphatic rings. The number of benzene rings is 1. The predicted molar refractivity (Wildman–Crippen MR) is 84.0 cm³/mol. The second-order valence-corrected chi connectivity index (χ2v) is 6.95. The van der Waals surface area contributed by atoms with E-state index in [2.05, 4.69) is 17.1 Å². The van der Waals surface area contributed by atoms with Gasteiger partial charge in [0.05, 0.1) is 0 Å². The summed E-state index contributed by atoms with van der Waals surface area (Å²) in [7, 11) is 0. The average Bonchev–Trinajstić information content (AvgIpc) is 2.45. The first kappa shape index (κ1) is 13.1. The summed E-state index contributed by atoms with van der Waals surface area (Å²) in [4.78, 5) is 14.9.